The average Bonchev–Trinajstić information content (AvgIpc) is 3.25. The van der Waals surface area contributed by atoms with E-state index in [1.165, 1.54) is 76.9 Å². The summed E-state index contributed by atoms with van der Waals surface area (Å²) in [4.78, 5) is 0. The standard InChI is InChI=1S/C54H46P/c1-3-40(29-28-39-18-8-5-9-19-39)41-30-32-42(33-31-41)52-49-26-16-14-24-47(49)48-25-15-17-27-50(48)53(52)43-34-36-45(37-35-43)54(44-20-10-6-11-21-44)38-55(51(54)4-2)46-22-12-7-13-23-46/h5-27,29-38,51H,3-4,28H2,1-2H3/q+1/b40-29+. The Morgan fingerprint density at radius 3 is 1.53 bits per heavy atom. The molecule has 0 radical (unpaired) electrons. The van der Waals surface area contributed by atoms with Crippen molar-refractivity contribution in [2.24, 2.45) is 0 Å². The van der Waals surface area contributed by atoms with Crippen LogP contribution in [0.15, 0.2) is 194 Å². The Morgan fingerprint density at radius 2 is 0.982 bits per heavy atom. The van der Waals surface area contributed by atoms with E-state index in [2.05, 4.69) is 214 Å². The number of allylic oxidation sites excluding steroid dienone is 2. The molecule has 1 aliphatic heterocycles. The molecule has 0 spiro atoms. The first-order valence-corrected chi connectivity index (χ1v) is 21.3. The van der Waals surface area contributed by atoms with Crippen LogP contribution < -0.4 is 5.30 Å². The number of benzene rings is 8. The van der Waals surface area contributed by atoms with Gasteiger partial charge in [0.2, 0.25) is 0 Å². The van der Waals surface area contributed by atoms with Crippen molar-refractivity contribution in [1.82, 2.24) is 0 Å². The second-order valence-electron chi connectivity index (χ2n) is 14.8. The molecule has 0 aromatic heterocycles. The van der Waals surface area contributed by atoms with Crippen LogP contribution in [-0.4, -0.2) is 11.5 Å². The summed E-state index contributed by atoms with van der Waals surface area (Å²) in [6.07, 6.45) is 5.47. The highest BCUT2D eigenvalue weighted by Crippen LogP contribution is 2.57. The molecule has 9 rings (SSSR count). The van der Waals surface area contributed by atoms with E-state index in [1.807, 2.05) is 0 Å². The van der Waals surface area contributed by atoms with Crippen LogP contribution in [-0.2, 0) is 11.8 Å². The minimum atomic E-state index is -0.374. The fourth-order valence-electron chi connectivity index (χ4n) is 9.15. The summed E-state index contributed by atoms with van der Waals surface area (Å²) >= 11 is 0. The van der Waals surface area contributed by atoms with Crippen molar-refractivity contribution < 1.29 is 0 Å². The lowest BCUT2D eigenvalue weighted by molar-refractivity contribution is 0.618. The zero-order chi connectivity index (χ0) is 37.2. The molecular weight excluding hydrogens is 680 g/mol. The van der Waals surface area contributed by atoms with Gasteiger partial charge >= 0.3 is 0 Å². The Hall–Kier alpha value is -5.81. The molecule has 0 amide bonds. The highest BCUT2D eigenvalue weighted by molar-refractivity contribution is 7.68. The Labute approximate surface area is 327 Å². The molecule has 1 aliphatic rings. The van der Waals surface area contributed by atoms with Crippen LogP contribution in [0.1, 0.15) is 48.9 Å². The second kappa shape index (κ2) is 15.1. The summed E-state index contributed by atoms with van der Waals surface area (Å²) in [7, 11) is -0.374. The Bertz CT molecular complexity index is 2650. The molecule has 3 unspecified atom stereocenters. The Kier molecular flexibility index (Phi) is 9.61. The predicted octanol–water partition coefficient (Wildman–Crippen LogP) is 14.1. The minimum absolute atomic E-state index is 0.120. The van der Waals surface area contributed by atoms with Gasteiger partial charge in [0.15, 0.2) is 0 Å². The monoisotopic (exact) mass is 725 g/mol. The minimum Gasteiger partial charge on any atom is -0.0763 e. The van der Waals surface area contributed by atoms with Crippen LogP contribution >= 0.6 is 7.55 Å². The molecule has 266 valence electrons. The molecular formula is C54H46P+. The maximum absolute atomic E-state index is 2.69. The molecule has 1 heteroatoms. The summed E-state index contributed by atoms with van der Waals surface area (Å²) in [5.41, 5.74) is 12.3. The van der Waals surface area contributed by atoms with Gasteiger partial charge in [-0.2, -0.15) is 0 Å². The molecule has 8 aromatic carbocycles. The van der Waals surface area contributed by atoms with Gasteiger partial charge in [0, 0.05) is 0 Å². The van der Waals surface area contributed by atoms with E-state index < -0.39 is 0 Å². The van der Waals surface area contributed by atoms with Gasteiger partial charge in [0.05, 0.1) is 0 Å². The third kappa shape index (κ3) is 6.26. The molecule has 3 atom stereocenters. The van der Waals surface area contributed by atoms with Crippen LogP contribution in [0.25, 0.3) is 49.4 Å². The quantitative estimate of drug-likeness (QED) is 0.0973. The molecule has 0 saturated heterocycles. The number of hydrogen-bond acceptors (Lipinski definition) is 0. The largest absolute Gasteiger partial charge is 0.148 e. The lowest BCUT2D eigenvalue weighted by Crippen LogP contribution is -2.48. The van der Waals surface area contributed by atoms with Gasteiger partial charge in [-0.3, -0.25) is 0 Å². The van der Waals surface area contributed by atoms with Gasteiger partial charge in [-0.1, -0.05) is 196 Å². The first-order chi connectivity index (χ1) is 27.2. The van der Waals surface area contributed by atoms with Crippen molar-refractivity contribution in [3.63, 3.8) is 0 Å². The third-order valence-electron chi connectivity index (χ3n) is 11.8. The number of rotatable bonds is 10. The first-order valence-electron chi connectivity index (χ1n) is 19.8. The van der Waals surface area contributed by atoms with E-state index in [-0.39, 0.29) is 13.0 Å². The van der Waals surface area contributed by atoms with Gasteiger partial charge in [-0.25, -0.2) is 0 Å². The van der Waals surface area contributed by atoms with Gasteiger partial charge in [-0.15, -0.1) is 0 Å². The number of hydrogen-bond donors (Lipinski definition) is 0. The molecule has 55 heavy (non-hydrogen) atoms. The van der Waals surface area contributed by atoms with E-state index in [0.717, 1.165) is 19.3 Å². The van der Waals surface area contributed by atoms with Crippen LogP contribution in [0.3, 0.4) is 0 Å². The van der Waals surface area contributed by atoms with E-state index in [0.29, 0.717) is 5.66 Å². The molecule has 0 bridgehead atoms. The van der Waals surface area contributed by atoms with Gasteiger partial charge < -0.3 is 0 Å². The Morgan fingerprint density at radius 1 is 0.509 bits per heavy atom. The molecule has 0 saturated carbocycles. The van der Waals surface area contributed by atoms with Crippen molar-refractivity contribution in [2.75, 3.05) is 0 Å². The predicted molar refractivity (Wildman–Crippen MR) is 241 cm³/mol. The maximum Gasteiger partial charge on any atom is 0.148 e. The molecule has 0 fully saturated rings. The topological polar surface area (TPSA) is 0 Å². The van der Waals surface area contributed by atoms with Crippen LogP contribution in [0.2, 0.25) is 0 Å². The van der Waals surface area contributed by atoms with E-state index in [9.17, 15) is 0 Å². The molecule has 8 aromatic rings. The number of fused-ring (bicyclic) bond motifs is 3. The van der Waals surface area contributed by atoms with E-state index in [1.54, 1.807) is 0 Å². The fourth-order valence-corrected chi connectivity index (χ4v) is 12.2. The van der Waals surface area contributed by atoms with Crippen LogP contribution in [0, 0.1) is 0 Å². The summed E-state index contributed by atoms with van der Waals surface area (Å²) in [5, 5.41) is 6.64. The average molecular weight is 726 g/mol. The van der Waals surface area contributed by atoms with Crippen molar-refractivity contribution in [3.05, 3.63) is 216 Å². The van der Waals surface area contributed by atoms with Crippen LogP contribution in [0.4, 0.5) is 0 Å². The second-order valence-corrected chi connectivity index (χ2v) is 17.0. The molecule has 0 nitrogen and oxygen atoms in total. The summed E-state index contributed by atoms with van der Waals surface area (Å²) in [5.74, 6) is 2.69. The highest BCUT2D eigenvalue weighted by Gasteiger charge is 2.58. The van der Waals surface area contributed by atoms with Crippen molar-refractivity contribution in [1.29, 1.82) is 0 Å². The molecule has 0 N–H and O–H groups in total. The van der Waals surface area contributed by atoms with Crippen LogP contribution in [0.5, 0.6) is 0 Å². The smallest absolute Gasteiger partial charge is 0.0763 e. The lowest BCUT2D eigenvalue weighted by atomic mass is 9.71. The van der Waals surface area contributed by atoms with E-state index in [4.69, 9.17) is 0 Å². The van der Waals surface area contributed by atoms with Crippen molar-refractivity contribution >= 4 is 45.8 Å². The highest BCUT2D eigenvalue weighted by atomic mass is 31.1. The zero-order valence-electron chi connectivity index (χ0n) is 31.7. The summed E-state index contributed by atoms with van der Waals surface area (Å²) < 4.78 is 0. The van der Waals surface area contributed by atoms with Crippen molar-refractivity contribution in [2.45, 2.75) is 44.2 Å². The van der Waals surface area contributed by atoms with Gasteiger partial charge in [0.25, 0.3) is 0 Å². The van der Waals surface area contributed by atoms with Crippen molar-refractivity contribution in [3.8, 4) is 22.3 Å². The third-order valence-corrected chi connectivity index (χ3v) is 14.9. The molecule has 0 aliphatic carbocycles. The Balaban J connectivity index is 1.18. The van der Waals surface area contributed by atoms with Gasteiger partial charge in [0.1, 0.15) is 29.7 Å². The zero-order valence-corrected chi connectivity index (χ0v) is 32.6. The summed E-state index contributed by atoms with van der Waals surface area (Å²) in [6, 6.07) is 70.1. The molecule has 1 heterocycles. The lowest BCUT2D eigenvalue weighted by Gasteiger charge is -2.40. The van der Waals surface area contributed by atoms with Gasteiger partial charge in [-0.05, 0) is 103 Å². The fraction of sp³-hybridized carbons (Fsp3) is 0.130. The summed E-state index contributed by atoms with van der Waals surface area (Å²) in [6.45, 7) is 4.64. The normalized spacial score (nSPS) is 17.5. The maximum atomic E-state index is 2.69. The first kappa shape index (κ1) is 34.9. The SMILES string of the molecule is CC/C(=C\Cc1ccccc1)c1ccc(-c2c(-c3ccc(C4(c5ccccc5)C=[P+](c5ccccc5)C4CC)cc3)c3ccccc3c3ccccc23)cc1. The van der Waals surface area contributed by atoms with E-state index >= 15 is 0 Å².